The highest BCUT2D eigenvalue weighted by Gasteiger charge is 2.12. The third-order valence-corrected chi connectivity index (χ3v) is 5.52. The minimum absolute atomic E-state index is 0.874. The summed E-state index contributed by atoms with van der Waals surface area (Å²) >= 11 is 0. The highest BCUT2D eigenvalue weighted by Crippen LogP contribution is 2.15. The van der Waals surface area contributed by atoms with Crippen LogP contribution in [0.25, 0.3) is 24.3 Å². The first-order valence-corrected chi connectivity index (χ1v) is 13.3. The van der Waals surface area contributed by atoms with E-state index in [0.29, 0.717) is 0 Å². The molecule has 3 rings (SSSR count). The summed E-state index contributed by atoms with van der Waals surface area (Å²) < 4.78 is 46.9. The van der Waals surface area contributed by atoms with Crippen molar-refractivity contribution in [3.63, 3.8) is 0 Å². The van der Waals surface area contributed by atoms with Crippen LogP contribution in [0.5, 0.6) is 11.5 Å². The van der Waals surface area contributed by atoms with E-state index in [9.17, 15) is 0 Å². The van der Waals surface area contributed by atoms with Crippen LogP contribution < -0.4 is 32.7 Å². The van der Waals surface area contributed by atoms with Crippen molar-refractivity contribution in [2.75, 3.05) is 14.2 Å². The predicted molar refractivity (Wildman–Crippen MR) is 135 cm³/mol. The normalized spacial score (nSPS) is 11.4. The number of aromatic nitrogens is 1. The van der Waals surface area contributed by atoms with E-state index in [1.165, 1.54) is 37.1 Å². The van der Waals surface area contributed by atoms with E-state index in [-0.39, 0.29) is 0 Å². The lowest BCUT2D eigenvalue weighted by molar-refractivity contribution is -2.00. The van der Waals surface area contributed by atoms with E-state index in [4.69, 9.17) is 28.1 Å². The minimum atomic E-state index is -4.94. The Morgan fingerprint density at radius 3 is 1.46 bits per heavy atom. The SMILES string of the molecule is CCCCCC[n+]1c(/C=C/c2ccc(OC)cc2)cccc1/C=C/c1ccc(OC)cc1.[O-][Cl+3]([O-])([O-])[O-]. The molecule has 0 saturated heterocycles. The molecule has 0 aliphatic heterocycles. The molecule has 0 fully saturated rings. The van der Waals surface area contributed by atoms with Crippen LogP contribution in [0.2, 0.25) is 0 Å². The van der Waals surface area contributed by atoms with Crippen molar-refractivity contribution >= 4 is 24.3 Å². The van der Waals surface area contributed by atoms with Gasteiger partial charge in [-0.1, -0.05) is 44.0 Å². The number of hydrogen-bond donors (Lipinski definition) is 0. The molecule has 0 aliphatic carbocycles. The summed E-state index contributed by atoms with van der Waals surface area (Å²) in [5.74, 6) is 1.75. The first-order valence-electron chi connectivity index (χ1n) is 12.0. The molecular formula is C29H34ClNO6. The van der Waals surface area contributed by atoms with E-state index in [0.717, 1.165) is 29.2 Å². The second-order valence-corrected chi connectivity index (χ2v) is 8.93. The van der Waals surface area contributed by atoms with Crippen LogP contribution >= 0.6 is 0 Å². The van der Waals surface area contributed by atoms with Gasteiger partial charge in [0.1, 0.15) is 18.0 Å². The molecule has 1 aromatic heterocycles. The molecule has 1 heterocycles. The Hall–Kier alpha value is -3.20. The fraction of sp³-hybridized carbons (Fsp3) is 0.276. The number of ether oxygens (including phenoxy) is 2. The molecule has 0 saturated carbocycles. The van der Waals surface area contributed by atoms with E-state index in [1.54, 1.807) is 14.2 Å². The predicted octanol–water partition coefficient (Wildman–Crippen LogP) is 2.16. The van der Waals surface area contributed by atoms with Crippen LogP contribution in [0.3, 0.4) is 0 Å². The Morgan fingerprint density at radius 2 is 1.08 bits per heavy atom. The number of nitrogens with zero attached hydrogens (tertiary/aromatic N) is 1. The Morgan fingerprint density at radius 1 is 0.649 bits per heavy atom. The first kappa shape index (κ1) is 30.0. The molecule has 0 aliphatic rings. The maximum Gasteiger partial charge on any atom is 0.205 e. The third-order valence-electron chi connectivity index (χ3n) is 5.52. The van der Waals surface area contributed by atoms with Crippen LogP contribution in [0, 0.1) is 10.2 Å². The Bertz CT molecular complexity index is 1040. The Labute approximate surface area is 221 Å². The van der Waals surface area contributed by atoms with Crippen LogP contribution in [-0.4, -0.2) is 14.2 Å². The molecule has 0 atom stereocenters. The maximum atomic E-state index is 8.49. The highest BCUT2D eigenvalue weighted by molar-refractivity contribution is 5.69. The van der Waals surface area contributed by atoms with Crippen molar-refractivity contribution < 1.29 is 42.9 Å². The van der Waals surface area contributed by atoms with Gasteiger partial charge in [0, 0.05) is 30.7 Å². The molecule has 37 heavy (non-hydrogen) atoms. The summed E-state index contributed by atoms with van der Waals surface area (Å²) in [6, 6.07) is 22.8. The first-order chi connectivity index (χ1) is 17.7. The van der Waals surface area contributed by atoms with Gasteiger partial charge >= 0.3 is 0 Å². The molecule has 3 aromatic rings. The largest absolute Gasteiger partial charge is 0.497 e. The zero-order valence-corrected chi connectivity index (χ0v) is 22.2. The van der Waals surface area contributed by atoms with Gasteiger partial charge in [-0.05, 0) is 60.0 Å². The van der Waals surface area contributed by atoms with Crippen LogP contribution in [0.1, 0.15) is 55.1 Å². The number of unbranched alkanes of at least 4 members (excludes halogenated alkanes) is 3. The van der Waals surface area contributed by atoms with Gasteiger partial charge in [0.2, 0.25) is 11.4 Å². The molecule has 7 nitrogen and oxygen atoms in total. The second kappa shape index (κ2) is 15.8. The van der Waals surface area contributed by atoms with E-state index >= 15 is 0 Å². The van der Waals surface area contributed by atoms with Crippen molar-refractivity contribution in [3.8, 4) is 11.5 Å². The summed E-state index contributed by atoms with van der Waals surface area (Å²) in [4.78, 5) is 0. The van der Waals surface area contributed by atoms with Gasteiger partial charge < -0.3 is 9.47 Å². The maximum absolute atomic E-state index is 8.49. The lowest BCUT2D eigenvalue weighted by Gasteiger charge is -2.17. The quantitative estimate of drug-likeness (QED) is 0.279. The standard InChI is InChI=1S/C29H34NO2.ClHO4/c1-4-5-6-7-23-30-26(17-11-24-13-19-28(31-2)20-14-24)9-8-10-27(30)18-12-25-15-21-29(32-3)22-16-25;2-1(3,4)5/h8-22H,4-7,23H2,1-3H3;(H,2,3,4,5)/q+1;/p-1/b17-11+,18-12+;. The van der Waals surface area contributed by atoms with Crippen LogP contribution in [-0.2, 0) is 6.54 Å². The molecule has 0 spiro atoms. The van der Waals surface area contributed by atoms with Crippen molar-refractivity contribution in [1.82, 2.24) is 0 Å². The number of hydrogen-bond acceptors (Lipinski definition) is 6. The van der Waals surface area contributed by atoms with Crippen LogP contribution in [0.4, 0.5) is 0 Å². The Kier molecular flexibility index (Phi) is 12.8. The van der Waals surface area contributed by atoms with E-state index in [1.807, 2.05) is 24.3 Å². The van der Waals surface area contributed by atoms with Gasteiger partial charge in [-0.15, -0.1) is 10.2 Å². The molecule has 0 amide bonds. The average Bonchev–Trinajstić information content (AvgIpc) is 2.89. The zero-order valence-electron chi connectivity index (χ0n) is 21.5. The van der Waals surface area contributed by atoms with E-state index in [2.05, 4.69) is 78.3 Å². The van der Waals surface area contributed by atoms with Gasteiger partial charge in [-0.3, -0.25) is 0 Å². The van der Waals surface area contributed by atoms with Crippen molar-refractivity contribution in [3.05, 3.63) is 89.2 Å². The van der Waals surface area contributed by atoms with Crippen molar-refractivity contribution in [2.45, 2.75) is 39.2 Å². The highest BCUT2D eigenvalue weighted by atomic mass is 35.7. The molecule has 0 bridgehead atoms. The second-order valence-electron chi connectivity index (χ2n) is 8.18. The summed E-state index contributed by atoms with van der Waals surface area (Å²) in [5, 5.41) is 0. The monoisotopic (exact) mass is 527 g/mol. The third kappa shape index (κ3) is 12.1. The minimum Gasteiger partial charge on any atom is -0.497 e. The molecular weight excluding hydrogens is 494 g/mol. The summed E-state index contributed by atoms with van der Waals surface area (Å²) in [7, 11) is -1.56. The molecule has 0 radical (unpaired) electrons. The molecule has 0 N–H and O–H groups in total. The molecule has 2 aromatic carbocycles. The lowest BCUT2D eigenvalue weighted by Crippen LogP contribution is -2.68. The number of rotatable bonds is 11. The zero-order chi connectivity index (χ0) is 27.1. The molecule has 8 heteroatoms. The van der Waals surface area contributed by atoms with E-state index < -0.39 is 10.2 Å². The van der Waals surface area contributed by atoms with Crippen molar-refractivity contribution in [2.24, 2.45) is 0 Å². The van der Waals surface area contributed by atoms with Gasteiger partial charge in [0.05, 0.1) is 14.2 Å². The summed E-state index contributed by atoms with van der Waals surface area (Å²) in [5.41, 5.74) is 4.72. The van der Waals surface area contributed by atoms with Gasteiger partial charge in [-0.2, -0.15) is 4.57 Å². The average molecular weight is 528 g/mol. The molecule has 0 unspecified atom stereocenters. The molecule has 198 valence electrons. The Balaban J connectivity index is 0.000000877. The number of pyridine rings is 1. The van der Waals surface area contributed by atoms with Gasteiger partial charge in [-0.25, -0.2) is 18.6 Å². The van der Waals surface area contributed by atoms with Crippen LogP contribution in [0.15, 0.2) is 66.7 Å². The van der Waals surface area contributed by atoms with Gasteiger partial charge in [0.25, 0.3) is 0 Å². The number of benzene rings is 2. The summed E-state index contributed by atoms with van der Waals surface area (Å²) in [6.45, 7) is 3.26. The smallest absolute Gasteiger partial charge is 0.205 e. The number of halogens is 1. The lowest BCUT2D eigenvalue weighted by atomic mass is 10.1. The topological polar surface area (TPSA) is 115 Å². The summed E-state index contributed by atoms with van der Waals surface area (Å²) in [6.07, 6.45) is 13.7. The fourth-order valence-electron chi connectivity index (χ4n) is 3.61. The number of methoxy groups -OCH3 is 2. The fourth-order valence-corrected chi connectivity index (χ4v) is 3.61. The van der Waals surface area contributed by atoms with Crippen molar-refractivity contribution in [1.29, 1.82) is 0 Å². The van der Waals surface area contributed by atoms with Gasteiger partial charge in [0.15, 0.2) is 0 Å².